The predicted molar refractivity (Wildman–Crippen MR) is 37.5 cm³/mol. The van der Waals surface area contributed by atoms with Crippen LogP contribution in [0.1, 0.15) is 12.8 Å². The highest BCUT2D eigenvalue weighted by molar-refractivity contribution is 5.97. The Labute approximate surface area is 59.2 Å². The zero-order valence-corrected chi connectivity index (χ0v) is 5.54. The molecule has 0 aromatic carbocycles. The van der Waals surface area contributed by atoms with E-state index in [1.165, 1.54) is 12.2 Å². The molecule has 0 N–H and O–H groups in total. The smallest absolute Gasteiger partial charge is 0.156 e. The Morgan fingerprint density at radius 1 is 0.900 bits per heavy atom. The van der Waals surface area contributed by atoms with Crippen LogP contribution in [0.25, 0.3) is 0 Å². The van der Waals surface area contributed by atoms with Gasteiger partial charge in [-0.3, -0.25) is 9.59 Å². The van der Waals surface area contributed by atoms with E-state index in [-0.39, 0.29) is 11.6 Å². The number of carbonyl (C=O) groups is 2. The molecule has 0 saturated heterocycles. The van der Waals surface area contributed by atoms with Gasteiger partial charge in [0.05, 0.1) is 0 Å². The molecule has 1 rings (SSSR count). The van der Waals surface area contributed by atoms with Crippen LogP contribution in [0.5, 0.6) is 0 Å². The minimum absolute atomic E-state index is 0.0256. The number of ketones is 2. The lowest BCUT2D eigenvalue weighted by molar-refractivity contribution is -0.119. The van der Waals surface area contributed by atoms with E-state index in [1.807, 2.05) is 0 Å². The summed E-state index contributed by atoms with van der Waals surface area (Å²) in [6.07, 6.45) is 6.87. The average Bonchev–Trinajstić information content (AvgIpc) is 1.90. The maximum absolute atomic E-state index is 10.7. The molecule has 0 heterocycles. The molecule has 0 aliphatic heterocycles. The van der Waals surface area contributed by atoms with Gasteiger partial charge in [-0.2, -0.15) is 0 Å². The maximum atomic E-state index is 10.7. The van der Waals surface area contributed by atoms with Gasteiger partial charge >= 0.3 is 0 Å². The topological polar surface area (TPSA) is 34.1 Å². The Bertz CT molecular complexity index is 187. The molecule has 0 bridgehead atoms. The van der Waals surface area contributed by atoms with Gasteiger partial charge in [0.1, 0.15) is 0 Å². The van der Waals surface area contributed by atoms with Crippen LogP contribution >= 0.6 is 0 Å². The van der Waals surface area contributed by atoms with Crippen molar-refractivity contribution >= 4 is 11.6 Å². The molecular formula is C8H8O2. The minimum Gasteiger partial charge on any atom is -0.295 e. The van der Waals surface area contributed by atoms with Crippen LogP contribution in [0.3, 0.4) is 0 Å². The summed E-state index contributed by atoms with van der Waals surface area (Å²) >= 11 is 0. The van der Waals surface area contributed by atoms with E-state index < -0.39 is 0 Å². The maximum Gasteiger partial charge on any atom is 0.156 e. The van der Waals surface area contributed by atoms with Crippen LogP contribution in [0.4, 0.5) is 0 Å². The Morgan fingerprint density at radius 2 is 1.30 bits per heavy atom. The van der Waals surface area contributed by atoms with Gasteiger partial charge in [-0.15, -0.1) is 0 Å². The van der Waals surface area contributed by atoms with E-state index in [1.54, 1.807) is 12.2 Å². The van der Waals surface area contributed by atoms with E-state index in [9.17, 15) is 9.59 Å². The Morgan fingerprint density at radius 3 is 1.70 bits per heavy atom. The van der Waals surface area contributed by atoms with Crippen molar-refractivity contribution in [3.05, 3.63) is 24.3 Å². The Hall–Kier alpha value is -1.18. The van der Waals surface area contributed by atoms with Crippen LogP contribution in [0, 0.1) is 0 Å². The van der Waals surface area contributed by atoms with Gasteiger partial charge in [-0.1, -0.05) is 12.2 Å². The summed E-state index contributed by atoms with van der Waals surface area (Å²) in [5, 5.41) is 0. The van der Waals surface area contributed by atoms with E-state index in [2.05, 4.69) is 0 Å². The first-order chi connectivity index (χ1) is 4.79. The lowest BCUT2D eigenvalue weighted by atomic mass is 10.1. The predicted octanol–water partition coefficient (Wildman–Crippen LogP) is 1.03. The second-order valence-electron chi connectivity index (χ2n) is 2.15. The molecule has 0 aromatic rings. The van der Waals surface area contributed by atoms with Crippen molar-refractivity contribution in [2.75, 3.05) is 0 Å². The molecule has 1 aliphatic carbocycles. The summed E-state index contributed by atoms with van der Waals surface area (Å²) < 4.78 is 0. The highest BCUT2D eigenvalue weighted by Crippen LogP contribution is 1.98. The van der Waals surface area contributed by atoms with Crippen LogP contribution in [-0.4, -0.2) is 11.6 Å². The summed E-state index contributed by atoms with van der Waals surface area (Å²) in [4.78, 5) is 21.4. The van der Waals surface area contributed by atoms with Gasteiger partial charge in [0.15, 0.2) is 11.6 Å². The normalized spacial score (nSPS) is 18.8. The fourth-order valence-corrected chi connectivity index (χ4v) is 0.739. The molecule has 2 heteroatoms. The second kappa shape index (κ2) is 3.11. The number of allylic oxidation sites excluding steroid dienone is 4. The lowest BCUT2D eigenvalue weighted by Crippen LogP contribution is -2.00. The summed E-state index contributed by atoms with van der Waals surface area (Å²) in [5.41, 5.74) is 0. The highest BCUT2D eigenvalue weighted by atomic mass is 16.1. The molecule has 52 valence electrons. The van der Waals surface area contributed by atoms with Gasteiger partial charge < -0.3 is 0 Å². The third-order valence-corrected chi connectivity index (χ3v) is 1.29. The van der Waals surface area contributed by atoms with E-state index in [0.29, 0.717) is 12.8 Å². The molecule has 0 spiro atoms. The molecule has 10 heavy (non-hydrogen) atoms. The molecule has 0 amide bonds. The quantitative estimate of drug-likeness (QED) is 0.498. The van der Waals surface area contributed by atoms with Crippen molar-refractivity contribution in [1.82, 2.24) is 0 Å². The van der Waals surface area contributed by atoms with Gasteiger partial charge in [0.25, 0.3) is 0 Å². The second-order valence-corrected chi connectivity index (χ2v) is 2.15. The highest BCUT2D eigenvalue weighted by Gasteiger charge is 2.02. The van der Waals surface area contributed by atoms with Crippen LogP contribution in [-0.2, 0) is 9.59 Å². The summed E-state index contributed by atoms with van der Waals surface area (Å²) in [5.74, 6) is 0.0513. The van der Waals surface area contributed by atoms with Crippen molar-refractivity contribution in [3.8, 4) is 0 Å². The molecule has 0 aromatic heterocycles. The molecule has 2 nitrogen and oxygen atoms in total. The SMILES string of the molecule is O=C1C=CC=CC(=O)CC1. The summed E-state index contributed by atoms with van der Waals surface area (Å²) in [6.45, 7) is 0. The van der Waals surface area contributed by atoms with Gasteiger partial charge in [-0.25, -0.2) is 0 Å². The van der Waals surface area contributed by atoms with Gasteiger partial charge in [0, 0.05) is 12.8 Å². The zero-order chi connectivity index (χ0) is 7.40. The molecule has 1 aliphatic rings. The third-order valence-electron chi connectivity index (χ3n) is 1.29. The van der Waals surface area contributed by atoms with Crippen molar-refractivity contribution in [2.45, 2.75) is 12.8 Å². The number of hydrogen-bond acceptors (Lipinski definition) is 2. The largest absolute Gasteiger partial charge is 0.295 e. The van der Waals surface area contributed by atoms with Gasteiger partial charge in [0.2, 0.25) is 0 Å². The Balaban J connectivity index is 2.70. The molecular weight excluding hydrogens is 128 g/mol. The Kier molecular flexibility index (Phi) is 2.15. The minimum atomic E-state index is 0.0256. The third kappa shape index (κ3) is 1.97. The van der Waals surface area contributed by atoms with E-state index in [4.69, 9.17) is 0 Å². The number of hydrogen-bond donors (Lipinski definition) is 0. The lowest BCUT2D eigenvalue weighted by Gasteiger charge is -1.94. The van der Waals surface area contributed by atoms with Crippen molar-refractivity contribution in [1.29, 1.82) is 0 Å². The van der Waals surface area contributed by atoms with E-state index >= 15 is 0 Å². The molecule has 0 atom stereocenters. The first-order valence-electron chi connectivity index (χ1n) is 3.19. The first-order valence-corrected chi connectivity index (χ1v) is 3.19. The average molecular weight is 136 g/mol. The zero-order valence-electron chi connectivity index (χ0n) is 5.54. The van der Waals surface area contributed by atoms with Crippen molar-refractivity contribution < 1.29 is 9.59 Å². The number of rotatable bonds is 0. The van der Waals surface area contributed by atoms with E-state index in [0.717, 1.165) is 0 Å². The molecule has 0 radical (unpaired) electrons. The fourth-order valence-electron chi connectivity index (χ4n) is 0.739. The monoisotopic (exact) mass is 136 g/mol. The van der Waals surface area contributed by atoms with Crippen LogP contribution in [0.15, 0.2) is 24.3 Å². The molecule has 0 fully saturated rings. The fraction of sp³-hybridized carbons (Fsp3) is 0.250. The van der Waals surface area contributed by atoms with Crippen molar-refractivity contribution in [2.24, 2.45) is 0 Å². The number of carbonyl (C=O) groups excluding carboxylic acids is 2. The van der Waals surface area contributed by atoms with Gasteiger partial charge in [-0.05, 0) is 12.2 Å². The standard InChI is InChI=1S/C8H8O2/c9-7-3-1-2-4-8(10)6-5-7/h1-4H,5-6H2. The molecule has 0 unspecified atom stereocenters. The summed E-state index contributed by atoms with van der Waals surface area (Å²) in [7, 11) is 0. The first kappa shape index (κ1) is 6.93. The van der Waals surface area contributed by atoms with Crippen molar-refractivity contribution in [3.63, 3.8) is 0 Å². The molecule has 0 saturated carbocycles. The van der Waals surface area contributed by atoms with Crippen LogP contribution < -0.4 is 0 Å². The summed E-state index contributed by atoms with van der Waals surface area (Å²) in [6, 6.07) is 0. The van der Waals surface area contributed by atoms with Crippen LogP contribution in [0.2, 0.25) is 0 Å².